The van der Waals surface area contributed by atoms with Gasteiger partial charge in [0.2, 0.25) is 0 Å². The van der Waals surface area contributed by atoms with Crippen molar-refractivity contribution in [3.05, 3.63) is 60.7 Å². The number of nitrogens with zero attached hydrogens (tertiary/aromatic N) is 2. The van der Waals surface area contributed by atoms with Crippen molar-refractivity contribution in [3.8, 4) is 0 Å². The van der Waals surface area contributed by atoms with Crippen LogP contribution in [0, 0.1) is 0 Å². The second-order valence-corrected chi connectivity index (χ2v) is 11.2. The van der Waals surface area contributed by atoms with E-state index in [9.17, 15) is 0 Å². The third kappa shape index (κ3) is 1.86. The van der Waals surface area contributed by atoms with Gasteiger partial charge < -0.3 is 18.0 Å². The van der Waals surface area contributed by atoms with Crippen molar-refractivity contribution in [2.24, 2.45) is 14.1 Å². The molecule has 0 spiro atoms. The molecular formula is C28H16N2O2S2. The topological polar surface area (TPSA) is 36.1 Å². The summed E-state index contributed by atoms with van der Waals surface area (Å²) in [6, 6.07) is 21.5. The van der Waals surface area contributed by atoms with E-state index in [2.05, 4.69) is 83.9 Å². The van der Waals surface area contributed by atoms with E-state index >= 15 is 0 Å². The Morgan fingerprint density at radius 3 is 1.47 bits per heavy atom. The monoisotopic (exact) mass is 476 g/mol. The van der Waals surface area contributed by atoms with Gasteiger partial charge in [-0.2, -0.15) is 0 Å². The van der Waals surface area contributed by atoms with Crippen molar-refractivity contribution in [1.82, 2.24) is 9.13 Å². The number of rotatable bonds is 0. The molecule has 6 heterocycles. The smallest absolute Gasteiger partial charge is 0.171 e. The normalized spacial score (nSPS) is 13.0. The lowest BCUT2D eigenvalue weighted by atomic mass is 10.2. The molecule has 0 saturated carbocycles. The highest BCUT2D eigenvalue weighted by atomic mass is 32.1. The molecule has 34 heavy (non-hydrogen) atoms. The van der Waals surface area contributed by atoms with Crippen molar-refractivity contribution in [2.45, 2.75) is 0 Å². The molecule has 0 fully saturated rings. The second kappa shape index (κ2) is 5.66. The highest BCUT2D eigenvalue weighted by Gasteiger charge is 2.24. The summed E-state index contributed by atoms with van der Waals surface area (Å²) in [6.45, 7) is 0. The van der Waals surface area contributed by atoms with E-state index in [0.29, 0.717) is 0 Å². The van der Waals surface area contributed by atoms with E-state index in [4.69, 9.17) is 8.83 Å². The molecule has 0 radical (unpaired) electrons. The Labute approximate surface area is 199 Å². The summed E-state index contributed by atoms with van der Waals surface area (Å²) in [6.07, 6.45) is 0. The Kier molecular flexibility index (Phi) is 2.95. The Bertz CT molecular complexity index is 2150. The minimum absolute atomic E-state index is 0.907. The Hall–Kier alpha value is -3.74. The summed E-state index contributed by atoms with van der Waals surface area (Å²) in [7, 11) is 4.28. The predicted octanol–water partition coefficient (Wildman–Crippen LogP) is 8.90. The van der Waals surface area contributed by atoms with Crippen LogP contribution in [-0.4, -0.2) is 9.13 Å². The lowest BCUT2D eigenvalue weighted by Crippen LogP contribution is -1.87. The fourth-order valence-electron chi connectivity index (χ4n) is 5.90. The number of benzene rings is 3. The maximum atomic E-state index is 6.55. The number of furan rings is 2. The first-order valence-electron chi connectivity index (χ1n) is 11.2. The Morgan fingerprint density at radius 1 is 0.559 bits per heavy atom. The van der Waals surface area contributed by atoms with Crippen molar-refractivity contribution >= 4 is 107 Å². The minimum atomic E-state index is 0.907. The molecule has 0 N–H and O–H groups in total. The fraction of sp³-hybridized carbons (Fsp3) is 0.0714. The highest BCUT2D eigenvalue weighted by Crippen LogP contribution is 2.47. The van der Waals surface area contributed by atoms with Gasteiger partial charge in [-0.3, -0.25) is 0 Å². The van der Waals surface area contributed by atoms with Crippen molar-refractivity contribution in [1.29, 1.82) is 0 Å². The van der Waals surface area contributed by atoms with Gasteiger partial charge in [0.15, 0.2) is 11.2 Å². The van der Waals surface area contributed by atoms with E-state index in [1.54, 1.807) is 22.7 Å². The minimum Gasteiger partial charge on any atom is -0.453 e. The molecule has 0 aliphatic carbocycles. The van der Waals surface area contributed by atoms with Crippen LogP contribution in [-0.2, 0) is 14.1 Å². The zero-order valence-corrected chi connectivity index (χ0v) is 19.9. The van der Waals surface area contributed by atoms with Gasteiger partial charge in [-0.05, 0) is 24.3 Å². The number of aryl methyl sites for hydroxylation is 2. The van der Waals surface area contributed by atoms with Gasteiger partial charge in [-0.25, -0.2) is 0 Å². The second-order valence-electron chi connectivity index (χ2n) is 9.07. The van der Waals surface area contributed by atoms with Crippen molar-refractivity contribution < 1.29 is 8.83 Å². The maximum absolute atomic E-state index is 6.55. The fourth-order valence-corrected chi connectivity index (χ4v) is 8.33. The molecule has 9 rings (SSSR count). The van der Waals surface area contributed by atoms with E-state index in [0.717, 1.165) is 44.1 Å². The van der Waals surface area contributed by atoms with E-state index < -0.39 is 0 Å². The van der Waals surface area contributed by atoms with E-state index in [1.807, 2.05) is 0 Å². The molecule has 6 heteroatoms. The SMILES string of the molecule is Cn1c2c3cc4oc5c6sc7ccccc7c6n(C)c5c4cc3oc2c2sc3ccccc3c21. The number of aromatic nitrogens is 2. The van der Waals surface area contributed by atoms with Gasteiger partial charge in [-0.1, -0.05) is 36.4 Å². The van der Waals surface area contributed by atoms with Crippen LogP contribution in [0.5, 0.6) is 0 Å². The average Bonchev–Trinajstić information content (AvgIpc) is 3.64. The number of fused-ring (bicyclic) bond motifs is 14. The summed E-state index contributed by atoms with van der Waals surface area (Å²) < 4.78 is 22.7. The molecule has 0 saturated heterocycles. The van der Waals surface area contributed by atoms with E-state index in [1.165, 1.54) is 40.6 Å². The van der Waals surface area contributed by atoms with E-state index in [-0.39, 0.29) is 0 Å². The molecule has 9 aromatic rings. The zero-order chi connectivity index (χ0) is 22.3. The third-order valence-electron chi connectivity index (χ3n) is 7.34. The summed E-state index contributed by atoms with van der Waals surface area (Å²) >= 11 is 3.61. The van der Waals surface area contributed by atoms with Gasteiger partial charge in [0, 0.05) is 45.0 Å². The summed E-state index contributed by atoms with van der Waals surface area (Å²) in [4.78, 5) is 0. The standard InChI is InChI=1S/C28H16N2O2S2/c1-29-21-15-11-18-16(12-17(15)31-25(21)27-23(29)13-7-3-5-9-19(13)33-27)22-26(32-18)28-24(30(22)2)14-8-4-6-10-20(14)34-28/h3-12H,1-2H3. The molecule has 4 nitrogen and oxygen atoms in total. The van der Waals surface area contributed by atoms with Gasteiger partial charge in [0.05, 0.1) is 31.5 Å². The molecule has 0 aliphatic rings. The molecule has 6 aromatic heterocycles. The Morgan fingerprint density at radius 2 is 1.00 bits per heavy atom. The molecule has 0 amide bonds. The van der Waals surface area contributed by atoms with Crippen LogP contribution in [0.4, 0.5) is 0 Å². The van der Waals surface area contributed by atoms with Crippen LogP contribution in [0.25, 0.3) is 84.7 Å². The quantitative estimate of drug-likeness (QED) is 0.219. The molecule has 0 bridgehead atoms. The largest absolute Gasteiger partial charge is 0.453 e. The highest BCUT2D eigenvalue weighted by molar-refractivity contribution is 7.27. The lowest BCUT2D eigenvalue weighted by molar-refractivity contribution is 0.668. The first kappa shape index (κ1) is 17.7. The van der Waals surface area contributed by atoms with Crippen LogP contribution < -0.4 is 0 Å². The van der Waals surface area contributed by atoms with Crippen LogP contribution in [0.3, 0.4) is 0 Å². The predicted molar refractivity (Wildman–Crippen MR) is 145 cm³/mol. The molecule has 0 aliphatic heterocycles. The third-order valence-corrected chi connectivity index (χ3v) is 9.66. The number of hydrogen-bond donors (Lipinski definition) is 0. The van der Waals surface area contributed by atoms with Gasteiger partial charge in [0.1, 0.15) is 11.2 Å². The summed E-state index contributed by atoms with van der Waals surface area (Å²) in [5.74, 6) is 0. The van der Waals surface area contributed by atoms with Crippen LogP contribution >= 0.6 is 22.7 Å². The first-order chi connectivity index (χ1) is 16.7. The molecule has 0 atom stereocenters. The summed E-state index contributed by atoms with van der Waals surface area (Å²) in [5.41, 5.74) is 8.51. The van der Waals surface area contributed by atoms with Gasteiger partial charge >= 0.3 is 0 Å². The van der Waals surface area contributed by atoms with Crippen LogP contribution in [0.1, 0.15) is 0 Å². The zero-order valence-electron chi connectivity index (χ0n) is 18.3. The molecule has 0 unspecified atom stereocenters. The Balaban J connectivity index is 1.44. The lowest BCUT2D eigenvalue weighted by Gasteiger charge is -1.99. The molecular weight excluding hydrogens is 460 g/mol. The van der Waals surface area contributed by atoms with Crippen LogP contribution in [0.15, 0.2) is 69.5 Å². The number of hydrogen-bond acceptors (Lipinski definition) is 4. The molecule has 162 valence electrons. The van der Waals surface area contributed by atoms with Crippen molar-refractivity contribution in [2.75, 3.05) is 0 Å². The van der Waals surface area contributed by atoms with Gasteiger partial charge in [-0.15, -0.1) is 22.7 Å². The van der Waals surface area contributed by atoms with Gasteiger partial charge in [0.25, 0.3) is 0 Å². The summed E-state index contributed by atoms with van der Waals surface area (Å²) in [5, 5.41) is 4.76. The van der Waals surface area contributed by atoms with Crippen LogP contribution in [0.2, 0.25) is 0 Å². The average molecular weight is 477 g/mol. The maximum Gasteiger partial charge on any atom is 0.171 e. The first-order valence-corrected chi connectivity index (χ1v) is 12.9. The molecule has 3 aromatic carbocycles. The van der Waals surface area contributed by atoms with Crippen molar-refractivity contribution in [3.63, 3.8) is 0 Å². The number of thiophene rings is 2.